The predicted molar refractivity (Wildman–Crippen MR) is 121 cm³/mol. The van der Waals surface area contributed by atoms with E-state index in [1.165, 1.54) is 19.2 Å². The van der Waals surface area contributed by atoms with Crippen LogP contribution in [0.3, 0.4) is 0 Å². The Morgan fingerprint density at radius 2 is 1.91 bits per heavy atom. The number of amides is 2. The minimum absolute atomic E-state index is 0.0631. The first-order valence-corrected chi connectivity index (χ1v) is 11.1. The summed E-state index contributed by atoms with van der Waals surface area (Å²) in [5, 5.41) is 3.25. The number of likely N-dealkylation sites (tertiary alicyclic amines) is 1. The number of benzene rings is 1. The van der Waals surface area contributed by atoms with Gasteiger partial charge in [0.25, 0.3) is 5.91 Å². The van der Waals surface area contributed by atoms with Crippen molar-refractivity contribution in [3.05, 3.63) is 59.9 Å². The summed E-state index contributed by atoms with van der Waals surface area (Å²) < 4.78 is 34.5. The van der Waals surface area contributed by atoms with Crippen LogP contribution in [0.1, 0.15) is 30.3 Å². The standard InChI is InChI=1S/C11H13N3O.C7H6F2O.C6H11NO2/c15-10(9-3-1-2-4-13-9)14-7-11(8-14)5-12-6-11;1-10-6-4-2-3-5(8)7(6)9;1-4-2-3-5(9-4)6(7)8/h1-4,12H,5-8H2;2-4H,1H3;4-5H,2-3H2,1H3,(H2,7,8). The monoisotopic (exact) mass is 476 g/mol. The number of halogens is 2. The molecule has 3 saturated heterocycles. The Balaban J connectivity index is 0.000000150. The van der Waals surface area contributed by atoms with Crippen LogP contribution >= 0.6 is 0 Å². The highest BCUT2D eigenvalue weighted by Gasteiger charge is 2.49. The van der Waals surface area contributed by atoms with Crippen molar-refractivity contribution < 1.29 is 27.8 Å². The van der Waals surface area contributed by atoms with Gasteiger partial charge in [-0.25, -0.2) is 4.39 Å². The van der Waals surface area contributed by atoms with Gasteiger partial charge in [0.1, 0.15) is 11.8 Å². The van der Waals surface area contributed by atoms with Crippen LogP contribution in [0.5, 0.6) is 5.75 Å². The molecule has 2 atom stereocenters. The summed E-state index contributed by atoms with van der Waals surface area (Å²) in [6.07, 6.45) is 3.29. The highest BCUT2D eigenvalue weighted by atomic mass is 19.2. The summed E-state index contributed by atoms with van der Waals surface area (Å²) in [7, 11) is 1.29. The summed E-state index contributed by atoms with van der Waals surface area (Å²) in [5.74, 6) is -2.17. The molecule has 1 aromatic carbocycles. The van der Waals surface area contributed by atoms with E-state index in [-0.39, 0.29) is 29.8 Å². The Morgan fingerprint density at radius 3 is 2.35 bits per heavy atom. The summed E-state index contributed by atoms with van der Waals surface area (Å²) >= 11 is 0. The highest BCUT2D eigenvalue weighted by Crippen LogP contribution is 2.34. The Kier molecular flexibility index (Phi) is 8.51. The van der Waals surface area contributed by atoms with E-state index in [9.17, 15) is 18.4 Å². The number of pyridine rings is 1. The van der Waals surface area contributed by atoms with Gasteiger partial charge in [0.15, 0.2) is 11.6 Å². The van der Waals surface area contributed by atoms with E-state index in [1.807, 2.05) is 24.0 Å². The molecule has 2 unspecified atom stereocenters. The Hall–Kier alpha value is -3.11. The van der Waals surface area contributed by atoms with Gasteiger partial charge in [-0.1, -0.05) is 12.1 Å². The lowest BCUT2D eigenvalue weighted by molar-refractivity contribution is -0.128. The molecule has 4 heterocycles. The maximum atomic E-state index is 12.5. The number of nitrogens with one attached hydrogen (secondary N) is 1. The van der Waals surface area contributed by atoms with Gasteiger partial charge in [0, 0.05) is 37.8 Å². The van der Waals surface area contributed by atoms with Crippen molar-refractivity contribution in [3.63, 3.8) is 0 Å². The fourth-order valence-corrected chi connectivity index (χ4v) is 3.91. The number of hydrogen-bond acceptors (Lipinski definition) is 6. The maximum absolute atomic E-state index is 12.5. The number of aromatic nitrogens is 1. The lowest BCUT2D eigenvalue weighted by Gasteiger charge is -2.55. The van der Waals surface area contributed by atoms with Crippen molar-refractivity contribution in [1.29, 1.82) is 0 Å². The molecule has 0 radical (unpaired) electrons. The molecule has 10 heteroatoms. The van der Waals surface area contributed by atoms with E-state index >= 15 is 0 Å². The Bertz CT molecular complexity index is 980. The molecule has 8 nitrogen and oxygen atoms in total. The molecular weight excluding hydrogens is 446 g/mol. The Morgan fingerprint density at radius 1 is 1.18 bits per heavy atom. The van der Waals surface area contributed by atoms with Gasteiger partial charge in [0.05, 0.1) is 13.2 Å². The molecule has 0 saturated carbocycles. The molecule has 184 valence electrons. The lowest BCUT2D eigenvalue weighted by Crippen LogP contribution is -2.71. The third-order valence-electron chi connectivity index (χ3n) is 5.91. The summed E-state index contributed by atoms with van der Waals surface area (Å²) in [4.78, 5) is 28.3. The average Bonchev–Trinajstić information content (AvgIpc) is 3.22. The fraction of sp³-hybridized carbons (Fsp3) is 0.458. The number of ether oxygens (including phenoxy) is 2. The second kappa shape index (κ2) is 11.3. The zero-order valence-corrected chi connectivity index (χ0v) is 19.3. The van der Waals surface area contributed by atoms with Crippen LogP contribution in [-0.4, -0.2) is 67.2 Å². The third kappa shape index (κ3) is 6.27. The van der Waals surface area contributed by atoms with Crippen molar-refractivity contribution in [3.8, 4) is 5.75 Å². The topological polar surface area (TPSA) is 107 Å². The number of hydrogen-bond donors (Lipinski definition) is 2. The van der Waals surface area contributed by atoms with Crippen LogP contribution in [0.25, 0.3) is 0 Å². The molecule has 3 N–H and O–H groups in total. The number of primary amides is 1. The van der Waals surface area contributed by atoms with Gasteiger partial charge in [-0.3, -0.25) is 14.6 Å². The number of carbonyl (C=O) groups excluding carboxylic acids is 2. The second-order valence-corrected chi connectivity index (χ2v) is 8.65. The first kappa shape index (κ1) is 25.5. The third-order valence-corrected chi connectivity index (χ3v) is 5.91. The molecule has 1 aromatic heterocycles. The average molecular weight is 477 g/mol. The second-order valence-electron chi connectivity index (χ2n) is 8.65. The molecule has 3 aliphatic rings. The van der Waals surface area contributed by atoms with Crippen molar-refractivity contribution in [2.45, 2.75) is 32.0 Å². The van der Waals surface area contributed by atoms with Gasteiger partial charge in [-0.2, -0.15) is 4.39 Å². The molecule has 3 fully saturated rings. The zero-order chi connectivity index (χ0) is 24.7. The van der Waals surface area contributed by atoms with Gasteiger partial charge < -0.3 is 25.4 Å². The summed E-state index contributed by atoms with van der Waals surface area (Å²) in [6, 6.07) is 9.23. The minimum Gasteiger partial charge on any atom is -0.494 e. The van der Waals surface area contributed by atoms with E-state index in [0.717, 1.165) is 45.1 Å². The van der Waals surface area contributed by atoms with Crippen molar-refractivity contribution in [1.82, 2.24) is 15.2 Å². The maximum Gasteiger partial charge on any atom is 0.272 e. The van der Waals surface area contributed by atoms with Crippen LogP contribution in [0.4, 0.5) is 8.78 Å². The van der Waals surface area contributed by atoms with Crippen LogP contribution in [0.15, 0.2) is 42.6 Å². The van der Waals surface area contributed by atoms with Crippen molar-refractivity contribution >= 4 is 11.8 Å². The molecule has 0 bridgehead atoms. The van der Waals surface area contributed by atoms with E-state index in [1.54, 1.807) is 12.3 Å². The molecular formula is C24H30F2N4O4. The normalized spacial score (nSPS) is 21.7. The van der Waals surface area contributed by atoms with E-state index in [4.69, 9.17) is 10.5 Å². The smallest absolute Gasteiger partial charge is 0.272 e. The molecule has 3 aliphatic heterocycles. The SMILES string of the molecule is CC1CCC(C(N)=O)O1.COc1cccc(F)c1F.O=C(c1ccccn1)N1CC2(CNC2)C1. The quantitative estimate of drug-likeness (QED) is 0.703. The zero-order valence-electron chi connectivity index (χ0n) is 19.3. The number of rotatable bonds is 3. The van der Waals surface area contributed by atoms with Gasteiger partial charge >= 0.3 is 0 Å². The van der Waals surface area contributed by atoms with Crippen molar-refractivity contribution in [2.24, 2.45) is 11.1 Å². The van der Waals surface area contributed by atoms with Crippen LogP contribution in [0.2, 0.25) is 0 Å². The molecule has 1 spiro atoms. The number of nitrogens with two attached hydrogens (primary N) is 1. The lowest BCUT2D eigenvalue weighted by atomic mass is 9.74. The van der Waals surface area contributed by atoms with Crippen LogP contribution in [0, 0.1) is 17.0 Å². The minimum atomic E-state index is -0.940. The van der Waals surface area contributed by atoms with Crippen LogP contribution < -0.4 is 15.8 Å². The molecule has 2 amide bonds. The van der Waals surface area contributed by atoms with E-state index in [2.05, 4.69) is 15.0 Å². The molecule has 0 aliphatic carbocycles. The highest BCUT2D eigenvalue weighted by molar-refractivity contribution is 5.93. The summed E-state index contributed by atoms with van der Waals surface area (Å²) in [5.41, 5.74) is 5.94. The largest absolute Gasteiger partial charge is 0.494 e. The van der Waals surface area contributed by atoms with Crippen molar-refractivity contribution in [2.75, 3.05) is 33.3 Å². The molecule has 34 heavy (non-hydrogen) atoms. The fourth-order valence-electron chi connectivity index (χ4n) is 3.91. The van der Waals surface area contributed by atoms with Gasteiger partial charge in [-0.05, 0) is 44.0 Å². The van der Waals surface area contributed by atoms with E-state index < -0.39 is 11.6 Å². The Labute approximate surface area is 197 Å². The van der Waals surface area contributed by atoms with E-state index in [0.29, 0.717) is 11.1 Å². The van der Waals surface area contributed by atoms with Crippen LogP contribution in [-0.2, 0) is 9.53 Å². The van der Waals surface area contributed by atoms with Gasteiger partial charge in [0.2, 0.25) is 11.7 Å². The molecule has 5 rings (SSSR count). The number of carbonyl (C=O) groups is 2. The number of methoxy groups -OCH3 is 1. The molecule has 2 aromatic rings. The first-order chi connectivity index (χ1) is 16.2. The predicted octanol–water partition coefficient (Wildman–Crippen LogP) is 2.14. The summed E-state index contributed by atoms with van der Waals surface area (Å²) in [6.45, 7) is 5.83. The van der Waals surface area contributed by atoms with Gasteiger partial charge in [-0.15, -0.1) is 0 Å². The number of nitrogens with zero attached hydrogens (tertiary/aromatic N) is 2. The first-order valence-electron chi connectivity index (χ1n) is 11.1.